The van der Waals surface area contributed by atoms with Crippen LogP contribution in [0.25, 0.3) is 10.9 Å². The smallest absolute Gasteiger partial charge is 0.259 e. The van der Waals surface area contributed by atoms with E-state index in [1.165, 1.54) is 11.9 Å². The highest BCUT2D eigenvalue weighted by molar-refractivity contribution is 5.92. The number of rotatable bonds is 5. The van der Waals surface area contributed by atoms with Crippen LogP contribution >= 0.6 is 0 Å². The molecule has 1 aliphatic rings. The van der Waals surface area contributed by atoms with E-state index < -0.39 is 0 Å². The highest BCUT2D eigenvalue weighted by atomic mass is 16.6. The van der Waals surface area contributed by atoms with Crippen LogP contribution in [0.5, 0.6) is 11.6 Å². The summed E-state index contributed by atoms with van der Waals surface area (Å²) in [4.78, 5) is 8.85. The summed E-state index contributed by atoms with van der Waals surface area (Å²) in [6, 6.07) is 4.17. The normalized spacial score (nSPS) is 13.2. The Hall–Kier alpha value is -2.76. The third-order valence-electron chi connectivity index (χ3n) is 4.45. The Morgan fingerprint density at radius 2 is 2.08 bits per heavy atom. The van der Waals surface area contributed by atoms with Crippen molar-refractivity contribution in [2.24, 2.45) is 0 Å². The molecule has 25 heavy (non-hydrogen) atoms. The molecule has 0 aromatic carbocycles. The van der Waals surface area contributed by atoms with Crippen LogP contribution in [-0.2, 0) is 6.54 Å². The maximum Gasteiger partial charge on any atom is 0.259 e. The van der Waals surface area contributed by atoms with Crippen LogP contribution in [0.3, 0.4) is 0 Å². The van der Waals surface area contributed by atoms with Crippen molar-refractivity contribution in [3.05, 3.63) is 36.3 Å². The van der Waals surface area contributed by atoms with E-state index in [4.69, 9.17) is 9.47 Å². The molecule has 1 aliphatic heterocycles. The summed E-state index contributed by atoms with van der Waals surface area (Å²) >= 11 is 0. The van der Waals surface area contributed by atoms with Crippen molar-refractivity contribution >= 4 is 22.4 Å². The number of nitrogens with zero attached hydrogens (tertiary/aromatic N) is 3. The van der Waals surface area contributed by atoms with Gasteiger partial charge in [-0.15, -0.1) is 0 Å². The Morgan fingerprint density at radius 1 is 1.20 bits per heavy atom. The van der Waals surface area contributed by atoms with Crippen LogP contribution in [0, 0.1) is 6.92 Å². The predicted octanol–water partition coefficient (Wildman–Crippen LogP) is 4.05. The summed E-state index contributed by atoms with van der Waals surface area (Å²) in [5, 5.41) is 4.54. The van der Waals surface area contributed by atoms with E-state index in [1.807, 2.05) is 13.1 Å². The zero-order valence-corrected chi connectivity index (χ0v) is 14.6. The number of nitrogens with one attached hydrogen (secondary N) is 1. The van der Waals surface area contributed by atoms with E-state index in [9.17, 15) is 0 Å². The average molecular weight is 338 g/mol. The molecular weight excluding hydrogens is 316 g/mol. The molecule has 6 nitrogen and oxygen atoms in total. The molecule has 0 spiro atoms. The van der Waals surface area contributed by atoms with Gasteiger partial charge in [0.05, 0.1) is 11.2 Å². The fourth-order valence-electron chi connectivity index (χ4n) is 3.10. The molecule has 0 amide bonds. The fourth-order valence-corrected chi connectivity index (χ4v) is 3.10. The molecule has 4 heterocycles. The number of anilines is 2. The van der Waals surface area contributed by atoms with Crippen molar-refractivity contribution in [1.29, 1.82) is 0 Å². The molecule has 0 aliphatic carbocycles. The Morgan fingerprint density at radius 3 is 2.96 bits per heavy atom. The van der Waals surface area contributed by atoms with Gasteiger partial charge in [0.25, 0.3) is 5.88 Å². The minimum Gasteiger partial charge on any atom is -0.483 e. The minimum absolute atomic E-state index is 0.524. The highest BCUT2D eigenvalue weighted by Gasteiger charge is 2.20. The number of aromatic nitrogens is 3. The summed E-state index contributed by atoms with van der Waals surface area (Å²) < 4.78 is 13.7. The van der Waals surface area contributed by atoms with Gasteiger partial charge in [-0.2, -0.15) is 0 Å². The molecule has 1 N–H and O–H groups in total. The molecule has 3 aromatic rings. The molecule has 6 heteroatoms. The molecule has 0 saturated heterocycles. The third-order valence-corrected chi connectivity index (χ3v) is 4.45. The van der Waals surface area contributed by atoms with Crippen LogP contribution < -0.4 is 14.8 Å². The van der Waals surface area contributed by atoms with Gasteiger partial charge in [-0.05, 0) is 31.0 Å². The van der Waals surface area contributed by atoms with Crippen molar-refractivity contribution in [3.8, 4) is 11.6 Å². The average Bonchev–Trinajstić information content (AvgIpc) is 3.06. The summed E-state index contributed by atoms with van der Waals surface area (Å²) in [6.07, 6.45) is 8.10. The van der Waals surface area contributed by atoms with Gasteiger partial charge in [-0.1, -0.05) is 13.3 Å². The molecule has 0 unspecified atom stereocenters. The number of hydrogen-bond donors (Lipinski definition) is 1. The maximum absolute atomic E-state index is 5.80. The summed E-state index contributed by atoms with van der Waals surface area (Å²) in [6.45, 7) is 6.27. The highest BCUT2D eigenvalue weighted by Crippen LogP contribution is 2.40. The molecular formula is C19H22N4O2. The predicted molar refractivity (Wildman–Crippen MR) is 97.9 cm³/mol. The number of aryl methyl sites for hydroxylation is 2. The van der Waals surface area contributed by atoms with E-state index in [1.54, 1.807) is 6.20 Å². The number of fused-ring (bicyclic) bond motifs is 2. The Bertz CT molecular complexity index is 904. The van der Waals surface area contributed by atoms with Gasteiger partial charge >= 0.3 is 0 Å². The lowest BCUT2D eigenvalue weighted by Gasteiger charge is -2.21. The summed E-state index contributed by atoms with van der Waals surface area (Å²) in [7, 11) is 0. The lowest BCUT2D eigenvalue weighted by Crippen LogP contribution is -2.17. The monoisotopic (exact) mass is 338 g/mol. The second kappa shape index (κ2) is 6.63. The molecule has 4 rings (SSSR count). The first kappa shape index (κ1) is 15.7. The summed E-state index contributed by atoms with van der Waals surface area (Å²) in [5.74, 6) is 2.01. The Kier molecular flexibility index (Phi) is 4.17. The van der Waals surface area contributed by atoms with E-state index in [-0.39, 0.29) is 0 Å². The second-order valence-corrected chi connectivity index (χ2v) is 6.23. The van der Waals surface area contributed by atoms with Gasteiger partial charge in [0, 0.05) is 30.5 Å². The SMILES string of the molecule is CCCCn1ccc2c(Nc3c(C)cnc4c3OCCO4)nccc21. The standard InChI is InChI=1S/C19H22N4O2/c1-3-4-8-23-9-6-14-15(23)5-7-20-18(14)22-16-13(2)12-21-19-17(16)24-10-11-25-19/h5-7,9,12H,3-4,8,10-11H2,1-2H3,(H,20,21,22). The van der Waals surface area contributed by atoms with E-state index in [2.05, 4.69) is 45.1 Å². The van der Waals surface area contributed by atoms with Crippen LogP contribution in [0.4, 0.5) is 11.5 Å². The molecule has 0 atom stereocenters. The first-order chi connectivity index (χ1) is 12.3. The van der Waals surface area contributed by atoms with Crippen molar-refractivity contribution in [3.63, 3.8) is 0 Å². The van der Waals surface area contributed by atoms with Gasteiger partial charge in [0.15, 0.2) is 0 Å². The zero-order valence-electron chi connectivity index (χ0n) is 14.6. The largest absolute Gasteiger partial charge is 0.483 e. The van der Waals surface area contributed by atoms with Gasteiger partial charge in [0.2, 0.25) is 5.75 Å². The molecule has 130 valence electrons. The number of unbranched alkanes of at least 4 members (excludes halogenated alkanes) is 1. The molecule has 0 fully saturated rings. The molecule has 0 saturated carbocycles. The Balaban J connectivity index is 1.73. The number of ether oxygens (including phenoxy) is 2. The molecule has 0 radical (unpaired) electrons. The van der Waals surface area contributed by atoms with Gasteiger partial charge in [-0.25, -0.2) is 9.97 Å². The number of hydrogen-bond acceptors (Lipinski definition) is 5. The lowest BCUT2D eigenvalue weighted by molar-refractivity contribution is 0.165. The van der Waals surface area contributed by atoms with Crippen LogP contribution in [-0.4, -0.2) is 27.7 Å². The second-order valence-electron chi connectivity index (χ2n) is 6.23. The maximum atomic E-state index is 5.80. The topological polar surface area (TPSA) is 61.2 Å². The first-order valence-electron chi connectivity index (χ1n) is 8.74. The van der Waals surface area contributed by atoms with E-state index in [0.717, 1.165) is 35.4 Å². The minimum atomic E-state index is 0.524. The van der Waals surface area contributed by atoms with E-state index >= 15 is 0 Å². The van der Waals surface area contributed by atoms with Crippen LogP contribution in [0.1, 0.15) is 25.3 Å². The number of pyridine rings is 2. The summed E-state index contributed by atoms with van der Waals surface area (Å²) in [5.41, 5.74) is 3.04. The van der Waals surface area contributed by atoms with Crippen molar-refractivity contribution in [2.45, 2.75) is 33.2 Å². The van der Waals surface area contributed by atoms with Crippen molar-refractivity contribution in [2.75, 3.05) is 18.5 Å². The van der Waals surface area contributed by atoms with Gasteiger partial charge in [0.1, 0.15) is 19.0 Å². The fraction of sp³-hybridized carbons (Fsp3) is 0.368. The van der Waals surface area contributed by atoms with Crippen molar-refractivity contribution in [1.82, 2.24) is 14.5 Å². The van der Waals surface area contributed by atoms with E-state index in [0.29, 0.717) is 24.8 Å². The quantitative estimate of drug-likeness (QED) is 0.760. The third kappa shape index (κ3) is 2.88. The Labute approximate surface area is 146 Å². The van der Waals surface area contributed by atoms with Gasteiger partial charge in [-0.3, -0.25) is 0 Å². The molecule has 3 aromatic heterocycles. The van der Waals surface area contributed by atoms with Crippen molar-refractivity contribution < 1.29 is 9.47 Å². The van der Waals surface area contributed by atoms with Crippen LogP contribution in [0.2, 0.25) is 0 Å². The van der Waals surface area contributed by atoms with Gasteiger partial charge < -0.3 is 19.4 Å². The zero-order chi connectivity index (χ0) is 17.2. The first-order valence-corrected chi connectivity index (χ1v) is 8.74. The van der Waals surface area contributed by atoms with Crippen LogP contribution in [0.15, 0.2) is 30.7 Å². The molecule has 0 bridgehead atoms. The lowest BCUT2D eigenvalue weighted by atomic mass is 10.2.